The molecule has 0 atom stereocenters. The van der Waals surface area contributed by atoms with E-state index in [4.69, 9.17) is 5.73 Å². The van der Waals surface area contributed by atoms with E-state index in [1.54, 1.807) is 0 Å². The molecule has 3 N–H and O–H groups in total. The molecule has 0 aliphatic carbocycles. The van der Waals surface area contributed by atoms with Gasteiger partial charge in [0.2, 0.25) is 0 Å². The lowest BCUT2D eigenvalue weighted by molar-refractivity contribution is 0.0944. The first-order chi connectivity index (χ1) is 7.69. The van der Waals surface area contributed by atoms with E-state index >= 15 is 0 Å². The van der Waals surface area contributed by atoms with Gasteiger partial charge in [-0.2, -0.15) is 0 Å². The lowest BCUT2D eigenvalue weighted by atomic mass is 10.3. The summed E-state index contributed by atoms with van der Waals surface area (Å²) in [7, 11) is 0. The maximum absolute atomic E-state index is 11.8. The van der Waals surface area contributed by atoms with E-state index in [0.717, 1.165) is 23.9 Å². The van der Waals surface area contributed by atoms with Gasteiger partial charge in [0.15, 0.2) is 0 Å². The number of carbonyl (C=O) groups excluding carboxylic acids is 1. The molecule has 0 fully saturated rings. The molecule has 0 aromatic carbocycles. The van der Waals surface area contributed by atoms with Crippen molar-refractivity contribution in [2.75, 3.05) is 13.1 Å². The van der Waals surface area contributed by atoms with Gasteiger partial charge in [0.1, 0.15) is 5.69 Å². The highest BCUT2D eigenvalue weighted by Crippen LogP contribution is 2.15. The molecule has 0 saturated carbocycles. The highest BCUT2D eigenvalue weighted by atomic mass is 79.9. The number of amides is 1. The molecule has 0 aliphatic heterocycles. The number of halogens is 1. The average Bonchev–Trinajstić information content (AvgIpc) is 2.60. The molecule has 1 aromatic rings. The van der Waals surface area contributed by atoms with Gasteiger partial charge >= 0.3 is 0 Å². The molecule has 16 heavy (non-hydrogen) atoms. The Bertz CT molecular complexity index is 349. The van der Waals surface area contributed by atoms with Gasteiger partial charge in [0, 0.05) is 23.8 Å². The quantitative estimate of drug-likeness (QED) is 0.783. The molecule has 0 radical (unpaired) electrons. The topological polar surface area (TPSA) is 60.0 Å². The average molecular weight is 288 g/mol. The Hall–Kier alpha value is -0.810. The molecular formula is C11H18BrN3O. The van der Waals surface area contributed by atoms with Crippen molar-refractivity contribution >= 4 is 21.8 Å². The first kappa shape index (κ1) is 13.3. The third-order valence-electron chi connectivity index (χ3n) is 2.23. The second-order valence-corrected chi connectivity index (χ2v) is 4.55. The van der Waals surface area contributed by atoms with Crippen LogP contribution in [0.1, 0.15) is 30.3 Å². The van der Waals surface area contributed by atoms with Crippen LogP contribution in [0.25, 0.3) is 0 Å². The lowest BCUT2D eigenvalue weighted by Gasteiger charge is -2.07. The monoisotopic (exact) mass is 287 g/mol. The van der Waals surface area contributed by atoms with Gasteiger partial charge < -0.3 is 15.6 Å². The summed E-state index contributed by atoms with van der Waals surface area (Å²) >= 11 is 3.38. The molecule has 0 saturated heterocycles. The van der Waals surface area contributed by atoms with Crippen LogP contribution in [0.15, 0.2) is 16.7 Å². The molecule has 1 rings (SSSR count). The molecule has 0 bridgehead atoms. The standard InChI is InChI=1S/C11H18BrN3O/c1-2-6-15-8-9(12)7-10(15)11(16)14-5-3-4-13/h7-8H,2-6,13H2,1H3,(H,14,16). The lowest BCUT2D eigenvalue weighted by Crippen LogP contribution is -2.27. The van der Waals surface area contributed by atoms with Crippen molar-refractivity contribution in [2.24, 2.45) is 5.73 Å². The summed E-state index contributed by atoms with van der Waals surface area (Å²) in [6, 6.07) is 1.84. The van der Waals surface area contributed by atoms with Crippen molar-refractivity contribution < 1.29 is 4.79 Å². The predicted octanol–water partition coefficient (Wildman–Crippen LogP) is 1.74. The predicted molar refractivity (Wildman–Crippen MR) is 68.4 cm³/mol. The van der Waals surface area contributed by atoms with Crippen LogP contribution in [0.5, 0.6) is 0 Å². The van der Waals surface area contributed by atoms with Crippen LogP contribution in [-0.4, -0.2) is 23.6 Å². The summed E-state index contributed by atoms with van der Waals surface area (Å²) in [5.74, 6) is -0.0346. The van der Waals surface area contributed by atoms with Crippen LogP contribution in [0.2, 0.25) is 0 Å². The van der Waals surface area contributed by atoms with Crippen LogP contribution in [0.4, 0.5) is 0 Å². The molecule has 5 heteroatoms. The second-order valence-electron chi connectivity index (χ2n) is 3.64. The van der Waals surface area contributed by atoms with E-state index in [-0.39, 0.29) is 5.91 Å². The van der Waals surface area contributed by atoms with Gasteiger partial charge in [0.05, 0.1) is 0 Å². The van der Waals surface area contributed by atoms with Gasteiger partial charge in [-0.1, -0.05) is 6.92 Å². The fourth-order valence-electron chi connectivity index (χ4n) is 1.49. The van der Waals surface area contributed by atoms with E-state index in [0.29, 0.717) is 18.8 Å². The Balaban J connectivity index is 2.66. The summed E-state index contributed by atoms with van der Waals surface area (Å²) in [4.78, 5) is 11.8. The smallest absolute Gasteiger partial charge is 0.267 e. The molecule has 1 heterocycles. The number of nitrogens with two attached hydrogens (primary N) is 1. The largest absolute Gasteiger partial charge is 0.351 e. The van der Waals surface area contributed by atoms with Crippen molar-refractivity contribution in [2.45, 2.75) is 26.3 Å². The fraction of sp³-hybridized carbons (Fsp3) is 0.545. The minimum atomic E-state index is -0.0346. The number of aromatic nitrogens is 1. The molecule has 1 aromatic heterocycles. The fourth-order valence-corrected chi connectivity index (χ4v) is 1.95. The maximum atomic E-state index is 11.8. The highest BCUT2D eigenvalue weighted by Gasteiger charge is 2.11. The van der Waals surface area contributed by atoms with Crippen molar-refractivity contribution in [1.82, 2.24) is 9.88 Å². The van der Waals surface area contributed by atoms with Gasteiger partial charge in [0.25, 0.3) is 5.91 Å². The van der Waals surface area contributed by atoms with Crippen LogP contribution >= 0.6 is 15.9 Å². The Morgan fingerprint density at radius 3 is 3.00 bits per heavy atom. The first-order valence-electron chi connectivity index (χ1n) is 5.53. The third kappa shape index (κ3) is 3.64. The van der Waals surface area contributed by atoms with Gasteiger partial charge in [-0.15, -0.1) is 0 Å². The number of nitrogens with zero attached hydrogens (tertiary/aromatic N) is 1. The molecule has 0 aliphatic rings. The minimum Gasteiger partial charge on any atom is -0.351 e. The van der Waals surface area contributed by atoms with E-state index in [9.17, 15) is 4.79 Å². The van der Waals surface area contributed by atoms with Crippen molar-refractivity contribution in [3.05, 3.63) is 22.4 Å². The van der Waals surface area contributed by atoms with Crippen molar-refractivity contribution in [3.8, 4) is 0 Å². The third-order valence-corrected chi connectivity index (χ3v) is 2.66. The molecule has 90 valence electrons. The summed E-state index contributed by atoms with van der Waals surface area (Å²) in [5, 5.41) is 2.85. The zero-order valence-corrected chi connectivity index (χ0v) is 11.1. The maximum Gasteiger partial charge on any atom is 0.267 e. The molecule has 0 spiro atoms. The summed E-state index contributed by atoms with van der Waals surface area (Å²) in [5.41, 5.74) is 6.07. The second kappa shape index (κ2) is 6.70. The zero-order chi connectivity index (χ0) is 12.0. The first-order valence-corrected chi connectivity index (χ1v) is 6.32. The summed E-state index contributed by atoms with van der Waals surface area (Å²) < 4.78 is 2.90. The van der Waals surface area contributed by atoms with Crippen LogP contribution < -0.4 is 11.1 Å². The number of rotatable bonds is 6. The van der Waals surface area contributed by atoms with Crippen molar-refractivity contribution in [3.63, 3.8) is 0 Å². The van der Waals surface area contributed by atoms with Crippen molar-refractivity contribution in [1.29, 1.82) is 0 Å². The highest BCUT2D eigenvalue weighted by molar-refractivity contribution is 9.10. The molecule has 1 amide bonds. The molecule has 0 unspecified atom stereocenters. The SMILES string of the molecule is CCCn1cc(Br)cc1C(=O)NCCCN. The number of aryl methyl sites for hydroxylation is 1. The van der Waals surface area contributed by atoms with E-state index in [1.165, 1.54) is 0 Å². The molecule has 4 nitrogen and oxygen atoms in total. The summed E-state index contributed by atoms with van der Waals surface area (Å²) in [6.07, 6.45) is 3.74. The van der Waals surface area contributed by atoms with Crippen LogP contribution in [0, 0.1) is 0 Å². The minimum absolute atomic E-state index is 0.0346. The number of hydrogen-bond donors (Lipinski definition) is 2. The number of nitrogens with one attached hydrogen (secondary N) is 1. The Morgan fingerprint density at radius 2 is 2.38 bits per heavy atom. The summed E-state index contributed by atoms with van der Waals surface area (Å²) in [6.45, 7) is 4.17. The van der Waals surface area contributed by atoms with Gasteiger partial charge in [-0.05, 0) is 41.4 Å². The van der Waals surface area contributed by atoms with Gasteiger partial charge in [-0.25, -0.2) is 0 Å². The van der Waals surface area contributed by atoms with E-state index in [1.807, 2.05) is 16.8 Å². The van der Waals surface area contributed by atoms with Gasteiger partial charge in [-0.3, -0.25) is 4.79 Å². The zero-order valence-electron chi connectivity index (χ0n) is 9.50. The Labute approximate surface area is 104 Å². The van der Waals surface area contributed by atoms with E-state index < -0.39 is 0 Å². The normalized spacial score (nSPS) is 10.4. The van der Waals surface area contributed by atoms with Crippen LogP contribution in [-0.2, 0) is 6.54 Å². The Kier molecular flexibility index (Phi) is 5.55. The number of hydrogen-bond acceptors (Lipinski definition) is 2. The van der Waals surface area contributed by atoms with Crippen LogP contribution in [0.3, 0.4) is 0 Å². The van der Waals surface area contributed by atoms with E-state index in [2.05, 4.69) is 28.2 Å². The molecular weight excluding hydrogens is 270 g/mol. The number of carbonyl (C=O) groups is 1. The Morgan fingerprint density at radius 1 is 1.62 bits per heavy atom.